The third-order valence-corrected chi connectivity index (χ3v) is 1.89. The number of aromatic nitrogens is 1. The van der Waals surface area contributed by atoms with Gasteiger partial charge < -0.3 is 10.2 Å². The Balaban J connectivity index is 3.09. The quantitative estimate of drug-likeness (QED) is 0.853. The van der Waals surface area contributed by atoms with E-state index < -0.39 is 12.1 Å². The van der Waals surface area contributed by atoms with Crippen LogP contribution in [0.5, 0.6) is 0 Å². The van der Waals surface area contributed by atoms with E-state index in [0.29, 0.717) is 5.69 Å². The Morgan fingerprint density at radius 1 is 1.40 bits per heavy atom. The lowest BCUT2D eigenvalue weighted by Gasteiger charge is -2.01. The molecule has 0 fully saturated rings. The Hall–Kier alpha value is -1.04. The first-order valence-electron chi connectivity index (χ1n) is 4.63. The molecule has 0 atom stereocenters. The summed E-state index contributed by atoms with van der Waals surface area (Å²) in [6.07, 6.45) is -4.26. The van der Waals surface area contributed by atoms with Gasteiger partial charge in [-0.05, 0) is 12.5 Å². The number of hydrogen-bond donors (Lipinski definition) is 1. The van der Waals surface area contributed by atoms with Gasteiger partial charge in [0.25, 0.3) is 0 Å². The number of oxazole rings is 1. The highest BCUT2D eigenvalue weighted by molar-refractivity contribution is 5.15. The summed E-state index contributed by atoms with van der Waals surface area (Å²) in [5.74, 6) is -1.05. The lowest BCUT2D eigenvalue weighted by atomic mass is 10.1. The highest BCUT2D eigenvalue weighted by Gasteiger charge is 2.38. The van der Waals surface area contributed by atoms with Gasteiger partial charge in [-0.25, -0.2) is 4.98 Å². The Kier molecular flexibility index (Phi) is 3.38. The molecule has 0 aliphatic heterocycles. The maximum Gasteiger partial charge on any atom is 0.468 e. The molecule has 1 heterocycles. The van der Waals surface area contributed by atoms with Gasteiger partial charge in [-0.15, -0.1) is 0 Å². The van der Waals surface area contributed by atoms with Crippen molar-refractivity contribution in [1.29, 1.82) is 0 Å². The first kappa shape index (κ1) is 12.0. The van der Waals surface area contributed by atoms with Crippen LogP contribution in [-0.4, -0.2) is 11.5 Å². The van der Waals surface area contributed by atoms with E-state index in [-0.39, 0.29) is 24.6 Å². The van der Waals surface area contributed by atoms with E-state index in [2.05, 4.69) is 9.40 Å². The molecule has 3 nitrogen and oxygen atoms in total. The van der Waals surface area contributed by atoms with Gasteiger partial charge in [-0.3, -0.25) is 0 Å². The molecule has 1 aromatic heterocycles. The Labute approximate surface area is 85.5 Å². The average Bonchev–Trinajstić information content (AvgIpc) is 2.48. The van der Waals surface area contributed by atoms with Gasteiger partial charge in [0, 0.05) is 6.42 Å². The minimum atomic E-state index is -4.53. The molecule has 0 aliphatic rings. The van der Waals surface area contributed by atoms with Crippen LogP contribution in [0.2, 0.25) is 0 Å². The number of hydrogen-bond acceptors (Lipinski definition) is 3. The molecule has 86 valence electrons. The smallest absolute Gasteiger partial charge is 0.438 e. The van der Waals surface area contributed by atoms with E-state index in [1.54, 1.807) is 13.8 Å². The van der Waals surface area contributed by atoms with Crippen LogP contribution in [0.15, 0.2) is 4.42 Å². The topological polar surface area (TPSA) is 52.0 Å². The predicted octanol–water partition coefficient (Wildman–Crippen LogP) is 2.32. The minimum Gasteiger partial charge on any atom is -0.438 e. The monoisotopic (exact) mass is 222 g/mol. The molecule has 0 spiro atoms. The largest absolute Gasteiger partial charge is 0.468 e. The van der Waals surface area contributed by atoms with Crippen molar-refractivity contribution in [2.75, 3.05) is 6.54 Å². The molecule has 0 bridgehead atoms. The van der Waals surface area contributed by atoms with Crippen molar-refractivity contribution < 1.29 is 17.6 Å². The number of halogens is 3. The van der Waals surface area contributed by atoms with Crippen LogP contribution in [-0.2, 0) is 12.6 Å². The van der Waals surface area contributed by atoms with E-state index in [0.717, 1.165) is 0 Å². The van der Waals surface area contributed by atoms with Gasteiger partial charge in [0.15, 0.2) is 0 Å². The second kappa shape index (κ2) is 4.22. The van der Waals surface area contributed by atoms with Gasteiger partial charge in [0.2, 0.25) is 0 Å². The summed E-state index contributed by atoms with van der Waals surface area (Å²) < 4.78 is 41.6. The van der Waals surface area contributed by atoms with Crippen LogP contribution in [0, 0.1) is 0 Å². The highest BCUT2D eigenvalue weighted by Crippen LogP contribution is 2.32. The zero-order chi connectivity index (χ0) is 11.6. The third-order valence-electron chi connectivity index (χ3n) is 1.89. The van der Waals surface area contributed by atoms with Crippen LogP contribution in [0.4, 0.5) is 13.2 Å². The fourth-order valence-electron chi connectivity index (χ4n) is 1.25. The maximum absolute atomic E-state index is 12.3. The second-order valence-electron chi connectivity index (χ2n) is 3.52. The van der Waals surface area contributed by atoms with Gasteiger partial charge in [0.05, 0.1) is 5.69 Å². The van der Waals surface area contributed by atoms with Crippen LogP contribution in [0.3, 0.4) is 0 Å². The van der Waals surface area contributed by atoms with E-state index in [1.807, 2.05) is 0 Å². The molecular weight excluding hydrogens is 209 g/mol. The number of alkyl halides is 3. The van der Waals surface area contributed by atoms with Crippen molar-refractivity contribution >= 4 is 0 Å². The molecule has 1 aromatic rings. The molecule has 0 saturated carbocycles. The molecule has 1 rings (SSSR count). The first-order chi connectivity index (χ1) is 6.86. The standard InChI is InChI=1S/C9H13F3N2O/c1-5(2)7-6(3-4-13)15-8(14-7)9(10,11)12/h5H,3-4,13H2,1-2H3. The molecule has 2 N–H and O–H groups in total. The van der Waals surface area contributed by atoms with E-state index in [9.17, 15) is 13.2 Å². The lowest BCUT2D eigenvalue weighted by Crippen LogP contribution is -2.05. The van der Waals surface area contributed by atoms with E-state index in [1.165, 1.54) is 0 Å². The molecule has 0 aliphatic carbocycles. The van der Waals surface area contributed by atoms with Crippen molar-refractivity contribution in [1.82, 2.24) is 4.98 Å². The third kappa shape index (κ3) is 2.71. The van der Waals surface area contributed by atoms with E-state index >= 15 is 0 Å². The number of nitrogens with zero attached hydrogens (tertiary/aromatic N) is 1. The van der Waals surface area contributed by atoms with Crippen LogP contribution >= 0.6 is 0 Å². The normalized spacial score (nSPS) is 12.5. The summed E-state index contributed by atoms with van der Waals surface area (Å²) in [6, 6.07) is 0. The van der Waals surface area contributed by atoms with Gasteiger partial charge in [-0.2, -0.15) is 13.2 Å². The molecule has 15 heavy (non-hydrogen) atoms. The first-order valence-corrected chi connectivity index (χ1v) is 4.63. The van der Waals surface area contributed by atoms with Gasteiger partial charge in [-0.1, -0.05) is 13.8 Å². The fraction of sp³-hybridized carbons (Fsp3) is 0.667. The Morgan fingerprint density at radius 3 is 2.40 bits per heavy atom. The van der Waals surface area contributed by atoms with Gasteiger partial charge in [0.1, 0.15) is 5.76 Å². The zero-order valence-corrected chi connectivity index (χ0v) is 8.56. The Bertz CT molecular complexity index is 331. The van der Waals surface area contributed by atoms with Crippen molar-refractivity contribution in [3.05, 3.63) is 17.3 Å². The minimum absolute atomic E-state index is 0.105. The summed E-state index contributed by atoms with van der Waals surface area (Å²) in [7, 11) is 0. The molecule has 0 aromatic carbocycles. The summed E-state index contributed by atoms with van der Waals surface area (Å²) in [4.78, 5) is 3.45. The molecule has 6 heteroatoms. The Morgan fingerprint density at radius 2 is 2.00 bits per heavy atom. The van der Waals surface area contributed by atoms with Crippen molar-refractivity contribution in [3.63, 3.8) is 0 Å². The number of nitrogens with two attached hydrogens (primary N) is 1. The van der Waals surface area contributed by atoms with Crippen LogP contribution < -0.4 is 5.73 Å². The average molecular weight is 222 g/mol. The second-order valence-corrected chi connectivity index (χ2v) is 3.52. The predicted molar refractivity (Wildman–Crippen MR) is 48.4 cm³/mol. The molecule has 0 amide bonds. The molecular formula is C9H13F3N2O. The summed E-state index contributed by atoms with van der Waals surface area (Å²) >= 11 is 0. The number of rotatable bonds is 3. The maximum atomic E-state index is 12.3. The van der Waals surface area contributed by atoms with Crippen LogP contribution in [0.1, 0.15) is 37.1 Å². The fourth-order valence-corrected chi connectivity index (χ4v) is 1.25. The SMILES string of the molecule is CC(C)c1nc(C(F)(F)F)oc1CCN. The highest BCUT2D eigenvalue weighted by atomic mass is 19.4. The summed E-state index contributed by atoms with van der Waals surface area (Å²) in [6.45, 7) is 3.77. The molecule has 0 saturated heterocycles. The lowest BCUT2D eigenvalue weighted by molar-refractivity contribution is -0.157. The summed E-state index contributed by atoms with van der Waals surface area (Å²) in [5, 5.41) is 0. The van der Waals surface area contributed by atoms with E-state index in [4.69, 9.17) is 5.73 Å². The van der Waals surface area contributed by atoms with Crippen molar-refractivity contribution in [2.45, 2.75) is 32.4 Å². The molecule has 0 radical (unpaired) electrons. The van der Waals surface area contributed by atoms with Crippen molar-refractivity contribution in [2.24, 2.45) is 5.73 Å². The van der Waals surface area contributed by atoms with Gasteiger partial charge >= 0.3 is 12.1 Å². The summed E-state index contributed by atoms with van der Waals surface area (Å²) in [5.41, 5.74) is 5.62. The van der Waals surface area contributed by atoms with Crippen molar-refractivity contribution in [3.8, 4) is 0 Å². The van der Waals surface area contributed by atoms with Crippen LogP contribution in [0.25, 0.3) is 0 Å². The zero-order valence-electron chi connectivity index (χ0n) is 8.56. The molecule has 0 unspecified atom stereocenters.